The maximum atomic E-state index is 6.14. The van der Waals surface area contributed by atoms with Crippen molar-refractivity contribution in [2.24, 2.45) is 0 Å². The first-order valence-corrected chi connectivity index (χ1v) is 6.78. The standard InChI is InChI=1S/C14H20N4O/c1-8-10(3)18-11(4)13(9(2)17-14(18)16-8)19-12-5-6-15-7-12/h12,15H,5-7H2,1-4H3/t12-/m1/s1. The van der Waals surface area contributed by atoms with Crippen LogP contribution in [0.3, 0.4) is 0 Å². The number of imidazole rings is 1. The molecule has 5 heteroatoms. The molecule has 0 bridgehead atoms. The number of ether oxygens (including phenoxy) is 1. The maximum absolute atomic E-state index is 6.14. The fraction of sp³-hybridized carbons (Fsp3) is 0.571. The molecule has 19 heavy (non-hydrogen) atoms. The van der Waals surface area contributed by atoms with E-state index in [0.717, 1.165) is 53.8 Å². The van der Waals surface area contributed by atoms with Crippen LogP contribution in [-0.4, -0.2) is 33.6 Å². The van der Waals surface area contributed by atoms with Crippen molar-refractivity contribution in [2.45, 2.75) is 40.2 Å². The van der Waals surface area contributed by atoms with Crippen LogP contribution in [0.25, 0.3) is 5.78 Å². The van der Waals surface area contributed by atoms with Crippen molar-refractivity contribution in [1.29, 1.82) is 0 Å². The summed E-state index contributed by atoms with van der Waals surface area (Å²) >= 11 is 0. The Kier molecular flexibility index (Phi) is 2.93. The lowest BCUT2D eigenvalue weighted by Crippen LogP contribution is -2.21. The number of aryl methyl sites for hydroxylation is 4. The van der Waals surface area contributed by atoms with Crippen LogP contribution in [0.1, 0.15) is 29.2 Å². The van der Waals surface area contributed by atoms with Crippen molar-refractivity contribution in [3.63, 3.8) is 0 Å². The molecule has 0 aromatic carbocycles. The lowest BCUT2D eigenvalue weighted by molar-refractivity contribution is 0.217. The summed E-state index contributed by atoms with van der Waals surface area (Å²) in [4.78, 5) is 9.06. The molecule has 0 unspecified atom stereocenters. The molecule has 0 saturated carbocycles. The summed E-state index contributed by atoms with van der Waals surface area (Å²) in [5.41, 5.74) is 4.17. The maximum Gasteiger partial charge on any atom is 0.234 e. The van der Waals surface area contributed by atoms with Crippen molar-refractivity contribution in [3.05, 3.63) is 22.8 Å². The van der Waals surface area contributed by atoms with Crippen molar-refractivity contribution in [1.82, 2.24) is 19.7 Å². The van der Waals surface area contributed by atoms with Crippen LogP contribution in [0.4, 0.5) is 0 Å². The van der Waals surface area contributed by atoms with Crippen molar-refractivity contribution < 1.29 is 4.74 Å². The first kappa shape index (κ1) is 12.4. The molecule has 0 amide bonds. The molecule has 3 heterocycles. The highest BCUT2D eigenvalue weighted by Gasteiger charge is 2.21. The summed E-state index contributed by atoms with van der Waals surface area (Å²) in [5.74, 6) is 1.67. The van der Waals surface area contributed by atoms with Gasteiger partial charge in [0, 0.05) is 12.2 Å². The van der Waals surface area contributed by atoms with Gasteiger partial charge in [-0.25, -0.2) is 9.97 Å². The second kappa shape index (κ2) is 4.49. The quantitative estimate of drug-likeness (QED) is 0.893. The molecule has 102 valence electrons. The number of fused-ring (bicyclic) bond motifs is 1. The van der Waals surface area contributed by atoms with E-state index in [9.17, 15) is 0 Å². The fourth-order valence-electron chi connectivity index (χ4n) is 2.70. The molecule has 1 N–H and O–H groups in total. The lowest BCUT2D eigenvalue weighted by Gasteiger charge is -2.17. The van der Waals surface area contributed by atoms with Gasteiger partial charge < -0.3 is 10.1 Å². The Hall–Kier alpha value is -1.62. The average molecular weight is 260 g/mol. The number of hydrogen-bond donors (Lipinski definition) is 1. The molecule has 0 spiro atoms. The zero-order chi connectivity index (χ0) is 13.6. The van der Waals surface area contributed by atoms with Crippen LogP contribution in [0.15, 0.2) is 0 Å². The van der Waals surface area contributed by atoms with Gasteiger partial charge in [-0.05, 0) is 40.7 Å². The first-order valence-electron chi connectivity index (χ1n) is 6.78. The zero-order valence-electron chi connectivity index (χ0n) is 11.9. The van der Waals surface area contributed by atoms with Crippen molar-refractivity contribution >= 4 is 5.78 Å². The predicted molar refractivity (Wildman–Crippen MR) is 73.8 cm³/mol. The highest BCUT2D eigenvalue weighted by molar-refractivity contribution is 5.45. The van der Waals surface area contributed by atoms with Crippen LogP contribution < -0.4 is 10.1 Å². The lowest BCUT2D eigenvalue weighted by atomic mass is 10.2. The van der Waals surface area contributed by atoms with Gasteiger partial charge in [-0.1, -0.05) is 0 Å². The summed E-state index contributed by atoms with van der Waals surface area (Å²) in [5, 5.41) is 3.32. The number of nitrogens with one attached hydrogen (secondary N) is 1. The van der Waals surface area contributed by atoms with Crippen LogP contribution in [-0.2, 0) is 0 Å². The number of hydrogen-bond acceptors (Lipinski definition) is 4. The van der Waals surface area contributed by atoms with E-state index in [-0.39, 0.29) is 6.10 Å². The van der Waals surface area contributed by atoms with E-state index >= 15 is 0 Å². The van der Waals surface area contributed by atoms with E-state index < -0.39 is 0 Å². The van der Waals surface area contributed by atoms with Gasteiger partial charge in [0.25, 0.3) is 0 Å². The summed E-state index contributed by atoms with van der Waals surface area (Å²) in [6.07, 6.45) is 1.31. The molecule has 3 rings (SSSR count). The first-order chi connectivity index (χ1) is 9.08. The fourth-order valence-corrected chi connectivity index (χ4v) is 2.70. The average Bonchev–Trinajstić information content (AvgIpc) is 2.95. The van der Waals surface area contributed by atoms with Crippen LogP contribution in [0.5, 0.6) is 5.75 Å². The Balaban J connectivity index is 2.10. The minimum atomic E-state index is 0.251. The molecule has 1 atom stereocenters. The van der Waals surface area contributed by atoms with Gasteiger partial charge in [-0.2, -0.15) is 0 Å². The normalized spacial score (nSPS) is 19.3. The molecule has 1 fully saturated rings. The van der Waals surface area contributed by atoms with E-state index in [2.05, 4.69) is 33.5 Å². The Morgan fingerprint density at radius 3 is 2.53 bits per heavy atom. The number of nitrogens with zero attached hydrogens (tertiary/aromatic N) is 3. The second-order valence-corrected chi connectivity index (χ2v) is 5.26. The van der Waals surface area contributed by atoms with Crippen molar-refractivity contribution in [3.8, 4) is 5.75 Å². The van der Waals surface area contributed by atoms with Gasteiger partial charge in [-0.3, -0.25) is 4.40 Å². The summed E-state index contributed by atoms with van der Waals surface area (Å²) in [6.45, 7) is 10.1. The molecular weight excluding hydrogens is 240 g/mol. The summed E-state index contributed by atoms with van der Waals surface area (Å²) < 4.78 is 8.22. The van der Waals surface area contributed by atoms with Crippen LogP contribution in [0.2, 0.25) is 0 Å². The van der Waals surface area contributed by atoms with Crippen molar-refractivity contribution in [2.75, 3.05) is 13.1 Å². The highest BCUT2D eigenvalue weighted by Crippen LogP contribution is 2.26. The molecular formula is C14H20N4O. The molecule has 0 radical (unpaired) electrons. The molecule has 1 aliphatic rings. The zero-order valence-corrected chi connectivity index (χ0v) is 11.9. The molecule has 0 aliphatic carbocycles. The number of rotatable bonds is 2. The van der Waals surface area contributed by atoms with Crippen LogP contribution in [0, 0.1) is 27.7 Å². The predicted octanol–water partition coefficient (Wildman–Crippen LogP) is 1.70. The SMILES string of the molecule is Cc1nc2nc(C)c(C)n2c(C)c1O[C@@H]1CCNC1. The topological polar surface area (TPSA) is 51.5 Å². The van der Waals surface area contributed by atoms with Gasteiger partial charge in [0.1, 0.15) is 6.10 Å². The van der Waals surface area contributed by atoms with Gasteiger partial charge in [-0.15, -0.1) is 0 Å². The van der Waals surface area contributed by atoms with E-state index in [1.165, 1.54) is 0 Å². The third-order valence-corrected chi connectivity index (χ3v) is 3.89. The third-order valence-electron chi connectivity index (χ3n) is 3.89. The molecule has 2 aromatic rings. The van der Waals surface area contributed by atoms with E-state index in [1.807, 2.05) is 13.8 Å². The smallest absolute Gasteiger partial charge is 0.234 e. The summed E-state index contributed by atoms with van der Waals surface area (Å²) in [6, 6.07) is 0. The largest absolute Gasteiger partial charge is 0.485 e. The van der Waals surface area contributed by atoms with E-state index in [4.69, 9.17) is 4.74 Å². The Morgan fingerprint density at radius 2 is 1.84 bits per heavy atom. The highest BCUT2D eigenvalue weighted by atomic mass is 16.5. The summed E-state index contributed by atoms with van der Waals surface area (Å²) in [7, 11) is 0. The molecule has 1 saturated heterocycles. The third kappa shape index (κ3) is 1.98. The van der Waals surface area contributed by atoms with Crippen LogP contribution >= 0.6 is 0 Å². The van der Waals surface area contributed by atoms with E-state index in [1.54, 1.807) is 0 Å². The molecule has 5 nitrogen and oxygen atoms in total. The van der Waals surface area contributed by atoms with Gasteiger partial charge in [0.15, 0.2) is 5.75 Å². The van der Waals surface area contributed by atoms with Gasteiger partial charge >= 0.3 is 0 Å². The van der Waals surface area contributed by atoms with Gasteiger partial charge in [0.2, 0.25) is 5.78 Å². The Bertz CT molecular complexity index is 626. The molecule has 1 aliphatic heterocycles. The van der Waals surface area contributed by atoms with E-state index in [0.29, 0.717) is 0 Å². The Morgan fingerprint density at radius 1 is 1.11 bits per heavy atom. The van der Waals surface area contributed by atoms with Gasteiger partial charge in [0.05, 0.1) is 17.1 Å². The second-order valence-electron chi connectivity index (χ2n) is 5.26. The minimum absolute atomic E-state index is 0.251. The molecule has 2 aromatic heterocycles. The Labute approximate surface area is 113 Å². The monoisotopic (exact) mass is 260 g/mol. The number of aromatic nitrogens is 3. The minimum Gasteiger partial charge on any atom is -0.485 e.